The lowest BCUT2D eigenvalue weighted by atomic mass is 10.2. The summed E-state index contributed by atoms with van der Waals surface area (Å²) in [5.41, 5.74) is 0.488. The van der Waals surface area contributed by atoms with Gasteiger partial charge in [0.05, 0.1) is 6.33 Å². The Hall–Kier alpha value is -1.23. The largest absolute Gasteiger partial charge is 0.328 e. The molecule has 0 aliphatic heterocycles. The van der Waals surface area contributed by atoms with E-state index in [0.29, 0.717) is 5.56 Å². The summed E-state index contributed by atoms with van der Waals surface area (Å²) in [6, 6.07) is 8.70. The van der Waals surface area contributed by atoms with Gasteiger partial charge in [-0.1, -0.05) is 53.0 Å². The number of benzene rings is 1. The molecule has 0 aliphatic rings. The number of alkyl halides is 3. The molecule has 1 heterocycles. The number of hydrogen-bond donors (Lipinski definition) is 1. The van der Waals surface area contributed by atoms with Crippen molar-refractivity contribution in [2.75, 3.05) is 0 Å². The maximum Gasteiger partial charge on any atom is 0.253 e. The van der Waals surface area contributed by atoms with Crippen LogP contribution in [-0.2, 0) is 0 Å². The van der Waals surface area contributed by atoms with Crippen molar-refractivity contribution >= 4 is 40.7 Å². The third-order valence-electron chi connectivity index (χ3n) is 2.44. The fraction of sp³-hybridized carbons (Fsp3) is 0.167. The fourth-order valence-electron chi connectivity index (χ4n) is 1.54. The van der Waals surface area contributed by atoms with Crippen molar-refractivity contribution in [3.8, 4) is 0 Å². The highest BCUT2D eigenvalue weighted by Gasteiger charge is 2.35. The molecule has 1 amide bonds. The molecule has 0 bridgehead atoms. The molecule has 4 nitrogen and oxygen atoms in total. The predicted molar refractivity (Wildman–Crippen MR) is 75.5 cm³/mol. The van der Waals surface area contributed by atoms with Crippen LogP contribution in [0.4, 0.5) is 0 Å². The Kier molecular flexibility index (Phi) is 4.34. The van der Waals surface area contributed by atoms with Gasteiger partial charge in [0.1, 0.15) is 0 Å². The van der Waals surface area contributed by atoms with E-state index in [0.717, 1.165) is 0 Å². The van der Waals surface area contributed by atoms with Crippen molar-refractivity contribution in [3.63, 3.8) is 0 Å². The van der Waals surface area contributed by atoms with Crippen molar-refractivity contribution in [2.45, 2.75) is 9.96 Å². The zero-order valence-corrected chi connectivity index (χ0v) is 11.9. The first-order valence-electron chi connectivity index (χ1n) is 5.38. The van der Waals surface area contributed by atoms with Crippen molar-refractivity contribution in [3.05, 3.63) is 54.6 Å². The fourth-order valence-corrected chi connectivity index (χ4v) is 2.05. The van der Waals surface area contributed by atoms with Crippen LogP contribution in [0.15, 0.2) is 49.1 Å². The number of amides is 1. The molecule has 1 aromatic heterocycles. The second-order valence-corrected chi connectivity index (χ2v) is 6.16. The lowest BCUT2D eigenvalue weighted by Gasteiger charge is -2.26. The number of hydrogen-bond acceptors (Lipinski definition) is 2. The first-order valence-corrected chi connectivity index (χ1v) is 6.52. The van der Waals surface area contributed by atoms with Gasteiger partial charge in [-0.05, 0) is 12.1 Å². The molecular formula is C12H10Cl3N3O. The molecule has 0 saturated heterocycles. The van der Waals surface area contributed by atoms with E-state index >= 15 is 0 Å². The van der Waals surface area contributed by atoms with Gasteiger partial charge in [-0.15, -0.1) is 0 Å². The maximum absolute atomic E-state index is 12.1. The quantitative estimate of drug-likeness (QED) is 0.884. The van der Waals surface area contributed by atoms with Gasteiger partial charge in [0.2, 0.25) is 3.79 Å². The molecule has 0 saturated carbocycles. The normalized spacial score (nSPS) is 13.0. The van der Waals surface area contributed by atoms with E-state index in [1.807, 2.05) is 6.07 Å². The zero-order chi connectivity index (χ0) is 13.9. The molecular weight excluding hydrogens is 309 g/mol. The minimum absolute atomic E-state index is 0.328. The smallest absolute Gasteiger partial charge is 0.253 e. The summed E-state index contributed by atoms with van der Waals surface area (Å²) in [5.74, 6) is -0.328. The van der Waals surface area contributed by atoms with Crippen LogP contribution in [0.2, 0.25) is 0 Å². The van der Waals surface area contributed by atoms with Crippen LogP contribution in [0.5, 0.6) is 0 Å². The second kappa shape index (κ2) is 5.82. The van der Waals surface area contributed by atoms with Crippen LogP contribution in [0.1, 0.15) is 16.5 Å². The molecule has 2 rings (SSSR count). The highest BCUT2D eigenvalue weighted by atomic mass is 35.6. The van der Waals surface area contributed by atoms with Crippen molar-refractivity contribution in [1.29, 1.82) is 0 Å². The summed E-state index contributed by atoms with van der Waals surface area (Å²) in [6.07, 6.45) is 3.78. The number of imidazole rings is 1. The molecule has 1 N–H and O–H groups in total. The van der Waals surface area contributed by atoms with Crippen LogP contribution < -0.4 is 5.32 Å². The molecule has 0 aliphatic carbocycles. The third kappa shape index (κ3) is 3.62. The van der Waals surface area contributed by atoms with E-state index < -0.39 is 9.96 Å². The number of carbonyl (C=O) groups is 1. The average molecular weight is 319 g/mol. The Morgan fingerprint density at radius 1 is 1.26 bits per heavy atom. The molecule has 0 spiro atoms. The van der Waals surface area contributed by atoms with Gasteiger partial charge in [0, 0.05) is 18.0 Å². The topological polar surface area (TPSA) is 46.9 Å². The van der Waals surface area contributed by atoms with Crippen LogP contribution in [0.3, 0.4) is 0 Å². The van der Waals surface area contributed by atoms with Crippen LogP contribution in [0.25, 0.3) is 0 Å². The summed E-state index contributed by atoms with van der Waals surface area (Å²) in [6.45, 7) is 0. The molecule has 0 fully saturated rings. The number of carbonyl (C=O) groups excluding carboxylic acids is 1. The minimum atomic E-state index is -1.69. The van der Waals surface area contributed by atoms with E-state index in [9.17, 15) is 4.79 Å². The van der Waals surface area contributed by atoms with Gasteiger partial charge < -0.3 is 9.88 Å². The second-order valence-electron chi connectivity index (χ2n) is 3.79. The summed E-state index contributed by atoms with van der Waals surface area (Å²) in [4.78, 5) is 15.9. The lowest BCUT2D eigenvalue weighted by Crippen LogP contribution is -2.39. The standard InChI is InChI=1S/C12H10Cl3N3O/c13-12(14,15)11(18-7-6-16-8-18)17-10(19)9-4-2-1-3-5-9/h1-8,11H,(H,17,19)/t11-/m0/s1. The monoisotopic (exact) mass is 317 g/mol. The number of nitrogens with one attached hydrogen (secondary N) is 1. The number of halogens is 3. The number of rotatable bonds is 3. The van der Waals surface area contributed by atoms with E-state index in [4.69, 9.17) is 34.8 Å². The Labute approximate surface area is 125 Å². The van der Waals surface area contributed by atoms with Gasteiger partial charge in [0.25, 0.3) is 5.91 Å². The third-order valence-corrected chi connectivity index (χ3v) is 3.06. The first-order chi connectivity index (χ1) is 8.98. The van der Waals surface area contributed by atoms with E-state index in [-0.39, 0.29) is 5.91 Å². The number of nitrogens with zero attached hydrogens (tertiary/aromatic N) is 2. The Bertz CT molecular complexity index is 537. The van der Waals surface area contributed by atoms with Crippen molar-refractivity contribution < 1.29 is 4.79 Å². The van der Waals surface area contributed by atoms with E-state index in [2.05, 4.69) is 10.3 Å². The van der Waals surface area contributed by atoms with Crippen LogP contribution in [-0.4, -0.2) is 19.3 Å². The summed E-state index contributed by atoms with van der Waals surface area (Å²) in [5, 5.41) is 2.66. The van der Waals surface area contributed by atoms with Crippen LogP contribution in [0, 0.1) is 0 Å². The molecule has 1 atom stereocenters. The summed E-state index contributed by atoms with van der Waals surface area (Å²) >= 11 is 17.7. The lowest BCUT2D eigenvalue weighted by molar-refractivity contribution is 0.0920. The number of aromatic nitrogens is 2. The highest BCUT2D eigenvalue weighted by Crippen LogP contribution is 2.36. The molecule has 7 heteroatoms. The molecule has 100 valence electrons. The Balaban J connectivity index is 2.21. The Morgan fingerprint density at radius 2 is 1.95 bits per heavy atom. The predicted octanol–water partition coefficient (Wildman–Crippen LogP) is 3.18. The van der Waals surface area contributed by atoms with Crippen LogP contribution >= 0.6 is 34.8 Å². The summed E-state index contributed by atoms with van der Waals surface area (Å²) < 4.78 is -0.168. The molecule has 2 aromatic rings. The minimum Gasteiger partial charge on any atom is -0.328 e. The molecule has 0 unspecified atom stereocenters. The van der Waals surface area contributed by atoms with Gasteiger partial charge >= 0.3 is 0 Å². The maximum atomic E-state index is 12.1. The average Bonchev–Trinajstić information content (AvgIpc) is 2.88. The SMILES string of the molecule is O=C(N[C@@H](n1ccnc1)C(Cl)(Cl)Cl)c1ccccc1. The molecule has 19 heavy (non-hydrogen) atoms. The van der Waals surface area contributed by atoms with Crippen molar-refractivity contribution in [1.82, 2.24) is 14.9 Å². The van der Waals surface area contributed by atoms with Gasteiger partial charge in [-0.2, -0.15) is 0 Å². The zero-order valence-electron chi connectivity index (χ0n) is 9.63. The van der Waals surface area contributed by atoms with E-state index in [1.165, 1.54) is 17.1 Å². The van der Waals surface area contributed by atoms with Gasteiger partial charge in [0.15, 0.2) is 6.17 Å². The highest BCUT2D eigenvalue weighted by molar-refractivity contribution is 6.67. The molecule has 1 aromatic carbocycles. The van der Waals surface area contributed by atoms with Gasteiger partial charge in [-0.3, -0.25) is 4.79 Å². The first kappa shape index (κ1) is 14.2. The van der Waals surface area contributed by atoms with E-state index in [1.54, 1.807) is 30.5 Å². The summed E-state index contributed by atoms with van der Waals surface area (Å²) in [7, 11) is 0. The Morgan fingerprint density at radius 3 is 2.47 bits per heavy atom. The molecule has 0 radical (unpaired) electrons. The van der Waals surface area contributed by atoms with Gasteiger partial charge in [-0.25, -0.2) is 4.98 Å². The van der Waals surface area contributed by atoms with Crippen molar-refractivity contribution in [2.24, 2.45) is 0 Å².